The molecule has 2 aliphatic rings. The van der Waals surface area contributed by atoms with Gasteiger partial charge < -0.3 is 10.2 Å². The molecule has 3 amide bonds. The number of nitrogens with one attached hydrogen (secondary N) is 1. The van der Waals surface area contributed by atoms with Crippen molar-refractivity contribution in [2.24, 2.45) is 0 Å². The quantitative estimate of drug-likeness (QED) is 0.796. The standard InChI is InChI=1S/C23H25N3O3/c1-15-5-7-18-19(12-15)23(29)26(22(18)28)11-9-21(27)24-14-16-6-8-20-17(13-16)4-3-10-25(20)2/h5-8,12-13H,3-4,9-11,14H2,1-2H3,(H,24,27). The van der Waals surface area contributed by atoms with E-state index >= 15 is 0 Å². The molecule has 0 unspecified atom stereocenters. The van der Waals surface area contributed by atoms with E-state index in [0.29, 0.717) is 17.7 Å². The van der Waals surface area contributed by atoms with Gasteiger partial charge in [-0.15, -0.1) is 0 Å². The lowest BCUT2D eigenvalue weighted by Gasteiger charge is -2.27. The number of imide groups is 1. The molecular weight excluding hydrogens is 366 g/mol. The van der Waals surface area contributed by atoms with Crippen LogP contribution in [0.2, 0.25) is 0 Å². The fourth-order valence-electron chi connectivity index (χ4n) is 4.06. The molecule has 0 fully saturated rings. The Bertz CT molecular complexity index is 999. The van der Waals surface area contributed by atoms with Crippen molar-refractivity contribution in [3.63, 3.8) is 0 Å². The third-order valence-corrected chi connectivity index (χ3v) is 5.67. The molecular formula is C23H25N3O3. The highest BCUT2D eigenvalue weighted by molar-refractivity contribution is 6.21. The Hall–Kier alpha value is -3.15. The summed E-state index contributed by atoms with van der Waals surface area (Å²) in [5.41, 5.74) is 5.40. The second-order valence-corrected chi connectivity index (χ2v) is 7.83. The molecule has 2 aromatic rings. The van der Waals surface area contributed by atoms with Gasteiger partial charge in [-0.1, -0.05) is 23.8 Å². The number of rotatable bonds is 5. The average molecular weight is 391 g/mol. The van der Waals surface area contributed by atoms with E-state index in [1.54, 1.807) is 12.1 Å². The Balaban J connectivity index is 1.32. The zero-order chi connectivity index (χ0) is 20.5. The first kappa shape index (κ1) is 19.2. The molecule has 0 saturated carbocycles. The lowest BCUT2D eigenvalue weighted by Crippen LogP contribution is -2.34. The molecule has 0 aromatic heterocycles. The second-order valence-electron chi connectivity index (χ2n) is 7.83. The number of carbonyl (C=O) groups is 3. The van der Waals surface area contributed by atoms with Crippen LogP contribution in [0.1, 0.15) is 50.2 Å². The number of hydrogen-bond acceptors (Lipinski definition) is 4. The van der Waals surface area contributed by atoms with E-state index in [2.05, 4.69) is 29.4 Å². The topological polar surface area (TPSA) is 69.7 Å². The number of amides is 3. The first-order valence-corrected chi connectivity index (χ1v) is 10.0. The number of fused-ring (bicyclic) bond motifs is 2. The zero-order valence-corrected chi connectivity index (χ0v) is 16.8. The molecule has 4 rings (SSSR count). The average Bonchev–Trinajstić information content (AvgIpc) is 2.94. The van der Waals surface area contributed by atoms with Crippen LogP contribution in [0, 0.1) is 6.92 Å². The molecule has 2 aliphatic heterocycles. The maximum absolute atomic E-state index is 12.5. The summed E-state index contributed by atoms with van der Waals surface area (Å²) in [6.45, 7) is 3.48. The van der Waals surface area contributed by atoms with Gasteiger partial charge in [0, 0.05) is 38.8 Å². The normalized spacial score (nSPS) is 15.4. The second kappa shape index (κ2) is 7.70. The van der Waals surface area contributed by atoms with E-state index < -0.39 is 0 Å². The van der Waals surface area contributed by atoms with Crippen molar-refractivity contribution in [3.8, 4) is 0 Å². The number of nitrogens with zero attached hydrogens (tertiary/aromatic N) is 2. The van der Waals surface area contributed by atoms with Crippen molar-refractivity contribution in [1.82, 2.24) is 10.2 Å². The fourth-order valence-corrected chi connectivity index (χ4v) is 4.06. The minimum absolute atomic E-state index is 0.0895. The smallest absolute Gasteiger partial charge is 0.261 e. The van der Waals surface area contributed by atoms with E-state index in [0.717, 1.165) is 30.5 Å². The summed E-state index contributed by atoms with van der Waals surface area (Å²) < 4.78 is 0. The molecule has 0 saturated heterocycles. The molecule has 0 atom stereocenters. The van der Waals surface area contributed by atoms with Crippen LogP contribution in [-0.2, 0) is 17.8 Å². The summed E-state index contributed by atoms with van der Waals surface area (Å²) >= 11 is 0. The van der Waals surface area contributed by atoms with Gasteiger partial charge in [0.25, 0.3) is 11.8 Å². The van der Waals surface area contributed by atoms with Gasteiger partial charge in [0.15, 0.2) is 0 Å². The molecule has 0 bridgehead atoms. The molecule has 2 aromatic carbocycles. The van der Waals surface area contributed by atoms with Crippen LogP contribution >= 0.6 is 0 Å². The Labute approximate surface area is 170 Å². The molecule has 2 heterocycles. The van der Waals surface area contributed by atoms with E-state index in [9.17, 15) is 14.4 Å². The van der Waals surface area contributed by atoms with Gasteiger partial charge >= 0.3 is 0 Å². The number of carbonyl (C=O) groups excluding carboxylic acids is 3. The van der Waals surface area contributed by atoms with Crippen LogP contribution in [0.4, 0.5) is 5.69 Å². The third-order valence-electron chi connectivity index (χ3n) is 5.67. The molecule has 1 N–H and O–H groups in total. The minimum Gasteiger partial charge on any atom is -0.374 e. The molecule has 6 heteroatoms. The highest BCUT2D eigenvalue weighted by Crippen LogP contribution is 2.27. The maximum Gasteiger partial charge on any atom is 0.261 e. The van der Waals surface area contributed by atoms with Gasteiger partial charge in [-0.3, -0.25) is 19.3 Å². The van der Waals surface area contributed by atoms with Crippen molar-refractivity contribution in [2.45, 2.75) is 32.7 Å². The van der Waals surface area contributed by atoms with Crippen molar-refractivity contribution in [3.05, 3.63) is 64.2 Å². The monoisotopic (exact) mass is 391 g/mol. The molecule has 29 heavy (non-hydrogen) atoms. The first-order valence-electron chi connectivity index (χ1n) is 10.0. The van der Waals surface area contributed by atoms with Crippen molar-refractivity contribution in [2.75, 3.05) is 25.0 Å². The Morgan fingerprint density at radius 1 is 1.07 bits per heavy atom. The van der Waals surface area contributed by atoms with Crippen LogP contribution in [0.5, 0.6) is 0 Å². The molecule has 0 aliphatic carbocycles. The predicted octanol–water partition coefficient (Wildman–Crippen LogP) is 2.68. The molecule has 150 valence electrons. The van der Waals surface area contributed by atoms with E-state index in [4.69, 9.17) is 0 Å². The fraction of sp³-hybridized carbons (Fsp3) is 0.348. The summed E-state index contributed by atoms with van der Waals surface area (Å²) in [7, 11) is 2.10. The van der Waals surface area contributed by atoms with Crippen molar-refractivity contribution < 1.29 is 14.4 Å². The Morgan fingerprint density at radius 3 is 2.69 bits per heavy atom. The number of aryl methyl sites for hydroxylation is 2. The largest absolute Gasteiger partial charge is 0.374 e. The van der Waals surface area contributed by atoms with Gasteiger partial charge in [0.2, 0.25) is 5.91 Å². The van der Waals surface area contributed by atoms with Gasteiger partial charge in [-0.05, 0) is 49.1 Å². The van der Waals surface area contributed by atoms with Gasteiger partial charge in [0.1, 0.15) is 0 Å². The highest BCUT2D eigenvalue weighted by Gasteiger charge is 2.35. The lowest BCUT2D eigenvalue weighted by atomic mass is 9.99. The van der Waals surface area contributed by atoms with Gasteiger partial charge in [-0.2, -0.15) is 0 Å². The predicted molar refractivity (Wildman–Crippen MR) is 111 cm³/mol. The SMILES string of the molecule is Cc1ccc2c(c1)C(=O)N(CCC(=O)NCc1ccc3c(c1)CCCN3C)C2=O. The van der Waals surface area contributed by atoms with Crippen LogP contribution in [0.3, 0.4) is 0 Å². The van der Waals surface area contributed by atoms with Gasteiger partial charge in [0.05, 0.1) is 11.1 Å². The number of hydrogen-bond donors (Lipinski definition) is 1. The summed E-state index contributed by atoms with van der Waals surface area (Å²) in [6.07, 6.45) is 2.29. The maximum atomic E-state index is 12.5. The molecule has 6 nitrogen and oxygen atoms in total. The van der Waals surface area contributed by atoms with E-state index in [-0.39, 0.29) is 30.7 Å². The van der Waals surface area contributed by atoms with Crippen LogP contribution in [0.15, 0.2) is 36.4 Å². The van der Waals surface area contributed by atoms with Crippen molar-refractivity contribution in [1.29, 1.82) is 0 Å². The lowest BCUT2D eigenvalue weighted by molar-refractivity contribution is -0.121. The van der Waals surface area contributed by atoms with Crippen LogP contribution < -0.4 is 10.2 Å². The summed E-state index contributed by atoms with van der Waals surface area (Å²) in [5.74, 6) is -0.815. The summed E-state index contributed by atoms with van der Waals surface area (Å²) in [4.78, 5) is 40.6. The minimum atomic E-state index is -0.323. The number of anilines is 1. The first-order chi connectivity index (χ1) is 13.9. The van der Waals surface area contributed by atoms with Gasteiger partial charge in [-0.25, -0.2) is 0 Å². The summed E-state index contributed by atoms with van der Waals surface area (Å²) in [5, 5.41) is 2.90. The molecule has 0 radical (unpaired) electrons. The summed E-state index contributed by atoms with van der Waals surface area (Å²) in [6, 6.07) is 11.5. The molecule has 0 spiro atoms. The third kappa shape index (κ3) is 3.75. The highest BCUT2D eigenvalue weighted by atomic mass is 16.2. The zero-order valence-electron chi connectivity index (χ0n) is 16.8. The Kier molecular flexibility index (Phi) is 5.09. The van der Waals surface area contributed by atoms with Crippen LogP contribution in [0.25, 0.3) is 0 Å². The van der Waals surface area contributed by atoms with Crippen molar-refractivity contribution >= 4 is 23.4 Å². The van der Waals surface area contributed by atoms with Crippen LogP contribution in [-0.4, -0.2) is 42.8 Å². The van der Waals surface area contributed by atoms with E-state index in [1.165, 1.54) is 16.2 Å². The number of benzene rings is 2. The van der Waals surface area contributed by atoms with E-state index in [1.807, 2.05) is 19.1 Å². The Morgan fingerprint density at radius 2 is 1.86 bits per heavy atom.